The molecule has 0 aromatic carbocycles. The van der Waals surface area contributed by atoms with Gasteiger partial charge in [-0.1, -0.05) is 6.07 Å². The Balaban J connectivity index is 1.93. The quantitative estimate of drug-likeness (QED) is 0.855. The number of nitrogens with one attached hydrogen (secondary N) is 1. The van der Waals surface area contributed by atoms with Crippen molar-refractivity contribution in [2.75, 3.05) is 18.0 Å². The Morgan fingerprint density at radius 3 is 2.76 bits per heavy atom. The second-order valence-electron chi connectivity index (χ2n) is 4.54. The minimum absolute atomic E-state index is 1.17. The van der Waals surface area contributed by atoms with E-state index in [0.717, 1.165) is 0 Å². The van der Waals surface area contributed by atoms with Gasteiger partial charge in [-0.15, -0.1) is 0 Å². The van der Waals surface area contributed by atoms with E-state index in [1.165, 1.54) is 49.2 Å². The SMILES string of the molecule is c1cncc(-c2c[nH]cc2N2CCCCC2)c1. The molecule has 0 aliphatic carbocycles. The van der Waals surface area contributed by atoms with Gasteiger partial charge in [-0.2, -0.15) is 0 Å². The van der Waals surface area contributed by atoms with Gasteiger partial charge in [0, 0.05) is 49.0 Å². The molecule has 0 atom stereocenters. The zero-order valence-electron chi connectivity index (χ0n) is 9.89. The molecule has 1 aliphatic rings. The van der Waals surface area contributed by atoms with Crippen LogP contribution in [0.2, 0.25) is 0 Å². The fraction of sp³-hybridized carbons (Fsp3) is 0.357. The van der Waals surface area contributed by atoms with E-state index in [0.29, 0.717) is 0 Å². The molecule has 88 valence electrons. The Labute approximate surface area is 101 Å². The lowest BCUT2D eigenvalue weighted by Gasteiger charge is -2.28. The van der Waals surface area contributed by atoms with Gasteiger partial charge in [0.05, 0.1) is 5.69 Å². The first-order valence-electron chi connectivity index (χ1n) is 6.27. The predicted octanol–water partition coefficient (Wildman–Crippen LogP) is 3.07. The number of nitrogens with zero attached hydrogens (tertiary/aromatic N) is 2. The molecule has 3 rings (SSSR count). The lowest BCUT2D eigenvalue weighted by atomic mass is 10.1. The molecule has 1 fully saturated rings. The lowest BCUT2D eigenvalue weighted by molar-refractivity contribution is 0.578. The molecule has 2 aromatic heterocycles. The molecule has 3 heterocycles. The molecule has 0 saturated carbocycles. The van der Waals surface area contributed by atoms with E-state index in [1.54, 1.807) is 0 Å². The molecule has 0 spiro atoms. The van der Waals surface area contributed by atoms with Crippen molar-refractivity contribution in [1.29, 1.82) is 0 Å². The summed E-state index contributed by atoms with van der Waals surface area (Å²) in [5.74, 6) is 0. The molecular weight excluding hydrogens is 210 g/mol. The first kappa shape index (κ1) is 10.4. The number of piperidine rings is 1. The average molecular weight is 227 g/mol. The van der Waals surface area contributed by atoms with Gasteiger partial charge in [-0.05, 0) is 25.3 Å². The van der Waals surface area contributed by atoms with Gasteiger partial charge in [0.1, 0.15) is 0 Å². The van der Waals surface area contributed by atoms with Crippen molar-refractivity contribution >= 4 is 5.69 Å². The van der Waals surface area contributed by atoms with Gasteiger partial charge >= 0.3 is 0 Å². The zero-order chi connectivity index (χ0) is 11.5. The van der Waals surface area contributed by atoms with Crippen LogP contribution in [0, 0.1) is 0 Å². The van der Waals surface area contributed by atoms with Crippen LogP contribution in [0.4, 0.5) is 5.69 Å². The normalized spacial score (nSPS) is 16.1. The van der Waals surface area contributed by atoms with Crippen LogP contribution in [0.5, 0.6) is 0 Å². The van der Waals surface area contributed by atoms with Gasteiger partial charge in [0.25, 0.3) is 0 Å². The summed E-state index contributed by atoms with van der Waals surface area (Å²) in [6.07, 6.45) is 11.9. The molecule has 0 radical (unpaired) electrons. The van der Waals surface area contributed by atoms with E-state index in [1.807, 2.05) is 18.5 Å². The van der Waals surface area contributed by atoms with Crippen molar-refractivity contribution in [3.05, 3.63) is 36.9 Å². The number of hydrogen-bond acceptors (Lipinski definition) is 2. The highest BCUT2D eigenvalue weighted by atomic mass is 15.1. The summed E-state index contributed by atoms with van der Waals surface area (Å²) in [6, 6.07) is 4.10. The van der Waals surface area contributed by atoms with Crippen LogP contribution in [-0.4, -0.2) is 23.1 Å². The molecule has 0 bridgehead atoms. The summed E-state index contributed by atoms with van der Waals surface area (Å²) in [5, 5.41) is 0. The van der Waals surface area contributed by atoms with Crippen LogP contribution in [0.25, 0.3) is 11.1 Å². The maximum absolute atomic E-state index is 4.19. The standard InChI is InChI=1S/C14H17N3/c1-2-7-17(8-3-1)14-11-16-10-13(14)12-5-4-6-15-9-12/h4-6,9-11,16H,1-3,7-8H2. The third-order valence-electron chi connectivity index (χ3n) is 3.39. The zero-order valence-corrected chi connectivity index (χ0v) is 9.89. The molecular formula is C14H17N3. The summed E-state index contributed by atoms with van der Waals surface area (Å²) in [5.41, 5.74) is 3.77. The van der Waals surface area contributed by atoms with Crippen molar-refractivity contribution in [2.24, 2.45) is 0 Å². The van der Waals surface area contributed by atoms with Gasteiger partial charge in [0.2, 0.25) is 0 Å². The van der Waals surface area contributed by atoms with Crippen LogP contribution in [0.15, 0.2) is 36.9 Å². The minimum atomic E-state index is 1.17. The molecule has 3 nitrogen and oxygen atoms in total. The summed E-state index contributed by atoms with van der Waals surface area (Å²) in [6.45, 7) is 2.34. The third kappa shape index (κ3) is 2.05. The largest absolute Gasteiger partial charge is 0.370 e. The van der Waals surface area contributed by atoms with Crippen LogP contribution < -0.4 is 4.90 Å². The van der Waals surface area contributed by atoms with Gasteiger partial charge in [-0.25, -0.2) is 0 Å². The fourth-order valence-electron chi connectivity index (χ4n) is 2.51. The fourth-order valence-corrected chi connectivity index (χ4v) is 2.51. The van der Waals surface area contributed by atoms with Crippen molar-refractivity contribution < 1.29 is 0 Å². The molecule has 0 unspecified atom stereocenters. The smallest absolute Gasteiger partial charge is 0.0624 e. The number of rotatable bonds is 2. The average Bonchev–Trinajstić information content (AvgIpc) is 2.90. The Hall–Kier alpha value is -1.77. The number of pyridine rings is 1. The van der Waals surface area contributed by atoms with Crippen LogP contribution in [-0.2, 0) is 0 Å². The molecule has 1 N–H and O–H groups in total. The van der Waals surface area contributed by atoms with Crippen molar-refractivity contribution in [1.82, 2.24) is 9.97 Å². The summed E-state index contributed by atoms with van der Waals surface area (Å²) >= 11 is 0. The maximum atomic E-state index is 4.19. The molecule has 0 amide bonds. The number of H-pyrrole nitrogens is 1. The van der Waals surface area contributed by atoms with Crippen molar-refractivity contribution in [2.45, 2.75) is 19.3 Å². The molecule has 17 heavy (non-hydrogen) atoms. The van der Waals surface area contributed by atoms with Crippen LogP contribution in [0.1, 0.15) is 19.3 Å². The van der Waals surface area contributed by atoms with E-state index < -0.39 is 0 Å². The Morgan fingerprint density at radius 1 is 1.12 bits per heavy atom. The highest BCUT2D eigenvalue weighted by molar-refractivity contribution is 5.77. The Bertz CT molecular complexity index is 469. The summed E-state index contributed by atoms with van der Waals surface area (Å²) in [7, 11) is 0. The second-order valence-corrected chi connectivity index (χ2v) is 4.54. The number of aromatic amines is 1. The molecule has 1 saturated heterocycles. The van der Waals surface area contributed by atoms with Crippen LogP contribution >= 0.6 is 0 Å². The van der Waals surface area contributed by atoms with E-state index in [-0.39, 0.29) is 0 Å². The van der Waals surface area contributed by atoms with E-state index in [9.17, 15) is 0 Å². The van der Waals surface area contributed by atoms with E-state index >= 15 is 0 Å². The molecule has 2 aromatic rings. The Kier molecular flexibility index (Phi) is 2.82. The van der Waals surface area contributed by atoms with Crippen molar-refractivity contribution in [3.8, 4) is 11.1 Å². The maximum Gasteiger partial charge on any atom is 0.0624 e. The highest BCUT2D eigenvalue weighted by Crippen LogP contribution is 2.31. The van der Waals surface area contributed by atoms with Crippen LogP contribution in [0.3, 0.4) is 0 Å². The summed E-state index contributed by atoms with van der Waals surface area (Å²) in [4.78, 5) is 9.89. The lowest BCUT2D eigenvalue weighted by Crippen LogP contribution is -2.29. The first-order chi connectivity index (χ1) is 8.45. The van der Waals surface area contributed by atoms with Gasteiger partial charge in [0.15, 0.2) is 0 Å². The van der Waals surface area contributed by atoms with E-state index in [2.05, 4.69) is 33.3 Å². The number of hydrogen-bond donors (Lipinski definition) is 1. The van der Waals surface area contributed by atoms with Crippen molar-refractivity contribution in [3.63, 3.8) is 0 Å². The number of anilines is 1. The number of aromatic nitrogens is 2. The van der Waals surface area contributed by atoms with E-state index in [4.69, 9.17) is 0 Å². The minimum Gasteiger partial charge on any atom is -0.370 e. The first-order valence-corrected chi connectivity index (χ1v) is 6.27. The van der Waals surface area contributed by atoms with Gasteiger partial charge in [-0.3, -0.25) is 4.98 Å². The molecule has 1 aliphatic heterocycles. The predicted molar refractivity (Wildman–Crippen MR) is 70.1 cm³/mol. The topological polar surface area (TPSA) is 31.9 Å². The monoisotopic (exact) mass is 227 g/mol. The summed E-state index contributed by atoms with van der Waals surface area (Å²) < 4.78 is 0. The second kappa shape index (κ2) is 4.62. The third-order valence-corrected chi connectivity index (χ3v) is 3.39. The van der Waals surface area contributed by atoms with Gasteiger partial charge < -0.3 is 9.88 Å². The Morgan fingerprint density at radius 2 is 2.00 bits per heavy atom. The molecule has 3 heteroatoms. The highest BCUT2D eigenvalue weighted by Gasteiger charge is 2.15.